The minimum absolute atomic E-state index is 0.186. The first-order chi connectivity index (χ1) is 8.17. The van der Waals surface area contributed by atoms with Crippen molar-refractivity contribution in [1.82, 2.24) is 10.2 Å². The second-order valence-corrected chi connectivity index (χ2v) is 4.45. The molecule has 1 N–H and O–H groups in total. The van der Waals surface area contributed by atoms with Gasteiger partial charge in [0.2, 0.25) is 0 Å². The number of carbonyl (C=O) groups is 1. The molecule has 1 heterocycles. The number of ether oxygens (including phenoxy) is 2. The van der Waals surface area contributed by atoms with Gasteiger partial charge in [0.15, 0.2) is 0 Å². The lowest BCUT2D eigenvalue weighted by molar-refractivity contribution is -0.146. The van der Waals surface area contributed by atoms with E-state index in [0.717, 1.165) is 26.0 Å². The number of carbonyl (C=O) groups excluding carboxylic acids is 1. The van der Waals surface area contributed by atoms with Gasteiger partial charge >= 0.3 is 5.97 Å². The summed E-state index contributed by atoms with van der Waals surface area (Å²) in [6.45, 7) is 4.63. The van der Waals surface area contributed by atoms with Crippen molar-refractivity contribution in [3.05, 3.63) is 0 Å². The lowest BCUT2D eigenvalue weighted by Crippen LogP contribution is -2.46. The molecule has 1 aliphatic rings. The van der Waals surface area contributed by atoms with Crippen LogP contribution in [0.5, 0.6) is 0 Å². The van der Waals surface area contributed by atoms with E-state index in [2.05, 4.69) is 10.2 Å². The molecule has 1 rings (SSSR count). The first kappa shape index (κ1) is 14.4. The quantitative estimate of drug-likeness (QED) is 0.651. The predicted octanol–water partition coefficient (Wildman–Crippen LogP) is 0.248. The summed E-state index contributed by atoms with van der Waals surface area (Å²) in [5, 5.41) is 2.99. The lowest BCUT2D eigenvalue weighted by atomic mass is 10.2. The molecule has 2 atom stereocenters. The molecule has 0 bridgehead atoms. The summed E-state index contributed by atoms with van der Waals surface area (Å²) in [6.07, 6.45) is 2.58. The molecule has 2 unspecified atom stereocenters. The minimum atomic E-state index is -0.263. The van der Waals surface area contributed by atoms with Gasteiger partial charge < -0.3 is 19.7 Å². The van der Waals surface area contributed by atoms with Crippen LogP contribution in [0.15, 0.2) is 0 Å². The van der Waals surface area contributed by atoms with E-state index in [1.807, 2.05) is 14.0 Å². The van der Waals surface area contributed by atoms with Crippen molar-refractivity contribution in [1.29, 1.82) is 0 Å². The zero-order valence-electron chi connectivity index (χ0n) is 11.1. The van der Waals surface area contributed by atoms with Gasteiger partial charge in [0, 0.05) is 19.7 Å². The van der Waals surface area contributed by atoms with Gasteiger partial charge in [-0.25, -0.2) is 0 Å². The molecule has 1 aliphatic heterocycles. The molecule has 0 saturated carbocycles. The van der Waals surface area contributed by atoms with Crippen LogP contribution in [0.4, 0.5) is 0 Å². The fourth-order valence-corrected chi connectivity index (χ4v) is 2.05. The topological polar surface area (TPSA) is 50.8 Å². The molecular weight excluding hydrogens is 220 g/mol. The van der Waals surface area contributed by atoms with Crippen molar-refractivity contribution in [3.8, 4) is 0 Å². The molecule has 0 aliphatic carbocycles. The van der Waals surface area contributed by atoms with Crippen molar-refractivity contribution < 1.29 is 14.3 Å². The Kier molecular flexibility index (Phi) is 6.47. The number of hydrogen-bond donors (Lipinski definition) is 1. The SMILES string of the molecule is CCOC(=O)C(CN(C)CC1CCCO1)NC. The molecule has 100 valence electrons. The fraction of sp³-hybridized carbons (Fsp3) is 0.917. The largest absolute Gasteiger partial charge is 0.465 e. The Hall–Kier alpha value is -0.650. The smallest absolute Gasteiger partial charge is 0.324 e. The molecule has 5 heteroatoms. The molecular formula is C12H24N2O3. The molecule has 1 saturated heterocycles. The van der Waals surface area contributed by atoms with E-state index in [4.69, 9.17) is 9.47 Å². The van der Waals surface area contributed by atoms with Crippen LogP contribution in [0.2, 0.25) is 0 Å². The van der Waals surface area contributed by atoms with Crippen LogP contribution in [-0.2, 0) is 14.3 Å². The molecule has 0 aromatic heterocycles. The second kappa shape index (κ2) is 7.63. The maximum Gasteiger partial charge on any atom is 0.324 e. The van der Waals surface area contributed by atoms with Gasteiger partial charge in [0.05, 0.1) is 12.7 Å². The van der Waals surface area contributed by atoms with Crippen LogP contribution in [0.1, 0.15) is 19.8 Å². The summed E-state index contributed by atoms with van der Waals surface area (Å²) in [6, 6.07) is -0.263. The Morgan fingerprint density at radius 2 is 2.41 bits per heavy atom. The van der Waals surface area contributed by atoms with Crippen molar-refractivity contribution >= 4 is 5.97 Å². The van der Waals surface area contributed by atoms with Gasteiger partial charge in [-0.05, 0) is 33.9 Å². The summed E-state index contributed by atoms with van der Waals surface area (Å²) in [5.41, 5.74) is 0. The van der Waals surface area contributed by atoms with Crippen molar-refractivity contribution in [2.45, 2.75) is 31.9 Å². The van der Waals surface area contributed by atoms with Gasteiger partial charge in [0.1, 0.15) is 6.04 Å². The molecule has 0 radical (unpaired) electrons. The van der Waals surface area contributed by atoms with E-state index in [0.29, 0.717) is 19.3 Å². The van der Waals surface area contributed by atoms with Gasteiger partial charge in [-0.15, -0.1) is 0 Å². The van der Waals surface area contributed by atoms with Gasteiger partial charge in [-0.1, -0.05) is 0 Å². The average Bonchev–Trinajstić information content (AvgIpc) is 2.78. The van der Waals surface area contributed by atoms with Crippen LogP contribution in [0, 0.1) is 0 Å². The third-order valence-corrected chi connectivity index (χ3v) is 2.95. The van der Waals surface area contributed by atoms with E-state index in [-0.39, 0.29) is 12.0 Å². The van der Waals surface area contributed by atoms with Crippen LogP contribution < -0.4 is 5.32 Å². The Morgan fingerprint density at radius 3 is 2.94 bits per heavy atom. The monoisotopic (exact) mass is 244 g/mol. The van der Waals surface area contributed by atoms with Crippen LogP contribution in [0.3, 0.4) is 0 Å². The van der Waals surface area contributed by atoms with E-state index < -0.39 is 0 Å². The highest BCUT2D eigenvalue weighted by Gasteiger charge is 2.22. The zero-order chi connectivity index (χ0) is 12.7. The summed E-state index contributed by atoms with van der Waals surface area (Å²) in [7, 11) is 3.78. The van der Waals surface area contributed by atoms with Gasteiger partial charge in [-0.3, -0.25) is 4.79 Å². The standard InChI is InChI=1S/C12H24N2O3/c1-4-16-12(15)11(13-2)9-14(3)8-10-6-5-7-17-10/h10-11,13H,4-9H2,1-3H3. The number of hydrogen-bond acceptors (Lipinski definition) is 5. The number of rotatable bonds is 7. The molecule has 0 spiro atoms. The third-order valence-electron chi connectivity index (χ3n) is 2.95. The maximum atomic E-state index is 11.6. The van der Waals surface area contributed by atoms with Crippen molar-refractivity contribution in [2.75, 3.05) is 40.4 Å². The Bertz CT molecular complexity index is 230. The molecule has 5 nitrogen and oxygen atoms in total. The Balaban J connectivity index is 2.30. The Labute approximate surface area is 103 Å². The summed E-state index contributed by atoms with van der Waals surface area (Å²) in [4.78, 5) is 13.7. The van der Waals surface area contributed by atoms with Gasteiger partial charge in [0.25, 0.3) is 0 Å². The zero-order valence-corrected chi connectivity index (χ0v) is 11.1. The van der Waals surface area contributed by atoms with Crippen LogP contribution >= 0.6 is 0 Å². The molecule has 0 aromatic carbocycles. The number of nitrogens with zero attached hydrogens (tertiary/aromatic N) is 1. The average molecular weight is 244 g/mol. The number of esters is 1. The number of nitrogens with one attached hydrogen (secondary N) is 1. The number of likely N-dealkylation sites (N-methyl/N-ethyl adjacent to an activating group) is 2. The minimum Gasteiger partial charge on any atom is -0.465 e. The summed E-state index contributed by atoms with van der Waals surface area (Å²) in [5.74, 6) is -0.186. The van der Waals surface area contributed by atoms with Gasteiger partial charge in [-0.2, -0.15) is 0 Å². The van der Waals surface area contributed by atoms with Crippen molar-refractivity contribution in [2.24, 2.45) is 0 Å². The summed E-state index contributed by atoms with van der Waals surface area (Å²) >= 11 is 0. The van der Waals surface area contributed by atoms with Crippen molar-refractivity contribution in [3.63, 3.8) is 0 Å². The third kappa shape index (κ3) is 5.02. The first-order valence-electron chi connectivity index (χ1n) is 6.31. The molecule has 1 fully saturated rings. The highest BCUT2D eigenvalue weighted by molar-refractivity contribution is 5.76. The lowest BCUT2D eigenvalue weighted by Gasteiger charge is -2.24. The summed E-state index contributed by atoms with van der Waals surface area (Å²) < 4.78 is 10.6. The first-order valence-corrected chi connectivity index (χ1v) is 6.31. The predicted molar refractivity (Wildman–Crippen MR) is 66.0 cm³/mol. The molecule has 0 aromatic rings. The van der Waals surface area contributed by atoms with E-state index in [1.54, 1.807) is 7.05 Å². The molecule has 0 amide bonds. The van der Waals surface area contributed by atoms with Crippen LogP contribution in [-0.4, -0.2) is 63.4 Å². The molecule has 17 heavy (non-hydrogen) atoms. The van der Waals surface area contributed by atoms with E-state index >= 15 is 0 Å². The van der Waals surface area contributed by atoms with E-state index in [1.165, 1.54) is 0 Å². The highest BCUT2D eigenvalue weighted by atomic mass is 16.5. The highest BCUT2D eigenvalue weighted by Crippen LogP contribution is 2.12. The normalized spacial score (nSPS) is 21.8. The second-order valence-electron chi connectivity index (χ2n) is 4.45. The van der Waals surface area contributed by atoms with E-state index in [9.17, 15) is 4.79 Å². The fourth-order valence-electron chi connectivity index (χ4n) is 2.05. The van der Waals surface area contributed by atoms with Crippen LogP contribution in [0.25, 0.3) is 0 Å². The Morgan fingerprint density at radius 1 is 1.65 bits per heavy atom. The maximum absolute atomic E-state index is 11.6.